The lowest BCUT2D eigenvalue weighted by atomic mass is 10.2. The van der Waals surface area contributed by atoms with E-state index in [9.17, 15) is 4.79 Å². The maximum absolute atomic E-state index is 12.3. The fraction of sp³-hybridized carbons (Fsp3) is 0.111. The molecule has 8 heteroatoms. The van der Waals surface area contributed by atoms with E-state index in [4.69, 9.17) is 0 Å². The maximum atomic E-state index is 12.3. The van der Waals surface area contributed by atoms with Crippen molar-refractivity contribution < 1.29 is 4.79 Å². The second kappa shape index (κ2) is 6.93. The van der Waals surface area contributed by atoms with E-state index < -0.39 is 0 Å². The van der Waals surface area contributed by atoms with Crippen LogP contribution in [0, 0.1) is 0 Å². The lowest BCUT2D eigenvalue weighted by molar-refractivity contribution is 0.0946. The molecule has 26 heavy (non-hydrogen) atoms. The summed E-state index contributed by atoms with van der Waals surface area (Å²) in [6.07, 6.45) is 7.24. The minimum Gasteiger partial charge on any atom is -0.347 e. The van der Waals surface area contributed by atoms with Crippen molar-refractivity contribution in [1.82, 2.24) is 29.9 Å². The highest BCUT2D eigenvalue weighted by Gasteiger charge is 2.12. The molecule has 0 aliphatic heterocycles. The average Bonchev–Trinajstić information content (AvgIpc) is 3.41. The van der Waals surface area contributed by atoms with E-state index in [0.717, 1.165) is 21.8 Å². The van der Waals surface area contributed by atoms with Gasteiger partial charge in [0.25, 0.3) is 5.91 Å². The van der Waals surface area contributed by atoms with Gasteiger partial charge in [0.1, 0.15) is 10.7 Å². The van der Waals surface area contributed by atoms with Gasteiger partial charge >= 0.3 is 0 Å². The molecule has 0 aliphatic carbocycles. The Hall–Kier alpha value is -3.26. The minimum absolute atomic E-state index is 0.187. The average molecular weight is 364 g/mol. The highest BCUT2D eigenvalue weighted by atomic mass is 32.1. The first-order chi connectivity index (χ1) is 12.7. The molecule has 0 spiro atoms. The molecule has 1 N–H and O–H groups in total. The number of aromatic nitrogens is 5. The van der Waals surface area contributed by atoms with Gasteiger partial charge in [-0.25, -0.2) is 9.67 Å². The van der Waals surface area contributed by atoms with Crippen LogP contribution in [0.25, 0.3) is 16.3 Å². The van der Waals surface area contributed by atoms with E-state index in [2.05, 4.69) is 20.5 Å². The molecule has 7 nitrogen and oxygen atoms in total. The summed E-state index contributed by atoms with van der Waals surface area (Å²) in [6.45, 7) is 0.442. The van der Waals surface area contributed by atoms with Gasteiger partial charge in [-0.15, -0.1) is 11.3 Å². The van der Waals surface area contributed by atoms with Gasteiger partial charge < -0.3 is 5.32 Å². The second-order valence-electron chi connectivity index (χ2n) is 5.74. The van der Waals surface area contributed by atoms with Gasteiger partial charge in [-0.3, -0.25) is 9.48 Å². The molecule has 4 aromatic rings. The van der Waals surface area contributed by atoms with Crippen molar-refractivity contribution in [2.24, 2.45) is 7.05 Å². The Morgan fingerprint density at radius 1 is 1.23 bits per heavy atom. The molecular weight excluding hydrogens is 348 g/mol. The third-order valence-corrected chi connectivity index (χ3v) is 4.74. The summed E-state index contributed by atoms with van der Waals surface area (Å²) in [5.41, 5.74) is 3.32. The molecule has 4 rings (SSSR count). The number of benzene rings is 1. The van der Waals surface area contributed by atoms with Crippen LogP contribution in [-0.2, 0) is 13.6 Å². The van der Waals surface area contributed by atoms with E-state index >= 15 is 0 Å². The van der Waals surface area contributed by atoms with Crippen molar-refractivity contribution in [3.8, 4) is 16.3 Å². The fourth-order valence-electron chi connectivity index (χ4n) is 2.50. The lowest BCUT2D eigenvalue weighted by Crippen LogP contribution is -2.23. The zero-order valence-corrected chi connectivity index (χ0v) is 14.8. The van der Waals surface area contributed by atoms with Crippen LogP contribution < -0.4 is 5.32 Å². The van der Waals surface area contributed by atoms with Crippen molar-refractivity contribution >= 4 is 17.2 Å². The summed E-state index contributed by atoms with van der Waals surface area (Å²) >= 11 is 1.43. The van der Waals surface area contributed by atoms with Crippen LogP contribution in [0.2, 0.25) is 0 Å². The normalized spacial score (nSPS) is 10.8. The summed E-state index contributed by atoms with van der Waals surface area (Å²) in [4.78, 5) is 16.7. The van der Waals surface area contributed by atoms with Gasteiger partial charge in [0, 0.05) is 43.1 Å². The van der Waals surface area contributed by atoms with Gasteiger partial charge in [0.2, 0.25) is 0 Å². The van der Waals surface area contributed by atoms with Crippen LogP contribution in [0.1, 0.15) is 16.1 Å². The zero-order chi connectivity index (χ0) is 17.9. The molecular formula is C18H16N6OS. The summed E-state index contributed by atoms with van der Waals surface area (Å²) in [6, 6.07) is 9.76. The van der Waals surface area contributed by atoms with Crippen molar-refractivity contribution in [3.63, 3.8) is 0 Å². The minimum atomic E-state index is -0.187. The summed E-state index contributed by atoms with van der Waals surface area (Å²) in [7, 11) is 1.85. The first kappa shape index (κ1) is 16.2. The van der Waals surface area contributed by atoms with Crippen LogP contribution >= 0.6 is 11.3 Å². The van der Waals surface area contributed by atoms with Gasteiger partial charge in [-0.1, -0.05) is 12.1 Å². The molecule has 0 radical (unpaired) electrons. The maximum Gasteiger partial charge on any atom is 0.271 e. The van der Waals surface area contributed by atoms with Gasteiger partial charge in [0.05, 0.1) is 11.9 Å². The van der Waals surface area contributed by atoms with Crippen molar-refractivity contribution in [2.75, 3.05) is 0 Å². The molecule has 1 aromatic carbocycles. The number of rotatable bonds is 5. The summed E-state index contributed by atoms with van der Waals surface area (Å²) in [5.74, 6) is -0.187. The number of carbonyl (C=O) groups is 1. The molecule has 3 aromatic heterocycles. The second-order valence-corrected chi connectivity index (χ2v) is 6.60. The quantitative estimate of drug-likeness (QED) is 0.591. The van der Waals surface area contributed by atoms with Gasteiger partial charge in [-0.05, 0) is 23.8 Å². The van der Waals surface area contributed by atoms with Crippen LogP contribution in [0.3, 0.4) is 0 Å². The molecule has 3 heterocycles. The number of thiazole rings is 1. The molecule has 130 valence electrons. The smallest absolute Gasteiger partial charge is 0.271 e. The molecule has 0 fully saturated rings. The van der Waals surface area contributed by atoms with Crippen LogP contribution in [0.4, 0.5) is 0 Å². The Morgan fingerprint density at radius 2 is 2.08 bits per heavy atom. The van der Waals surface area contributed by atoms with Gasteiger partial charge in [-0.2, -0.15) is 10.2 Å². The fourth-order valence-corrected chi connectivity index (χ4v) is 3.28. The first-order valence-corrected chi connectivity index (χ1v) is 8.89. The Labute approximate surface area is 153 Å². The Bertz CT molecular complexity index is 1020. The Balaban J connectivity index is 1.39. The SMILES string of the molecule is Cn1cc(-c2nc(C(=O)NCc3ccc(-n4cccn4)cc3)cs2)cn1. The number of amides is 1. The van der Waals surface area contributed by atoms with Crippen molar-refractivity contribution in [1.29, 1.82) is 0 Å². The molecule has 0 unspecified atom stereocenters. The van der Waals surface area contributed by atoms with Crippen LogP contribution in [0.5, 0.6) is 0 Å². The Morgan fingerprint density at radius 3 is 2.77 bits per heavy atom. The van der Waals surface area contributed by atoms with E-state index in [1.54, 1.807) is 27.1 Å². The number of nitrogens with zero attached hydrogens (tertiary/aromatic N) is 5. The van der Waals surface area contributed by atoms with E-state index in [-0.39, 0.29) is 5.91 Å². The molecule has 0 aliphatic rings. The highest BCUT2D eigenvalue weighted by Crippen LogP contribution is 2.22. The third-order valence-electron chi connectivity index (χ3n) is 3.85. The van der Waals surface area contributed by atoms with E-state index in [1.807, 2.05) is 49.8 Å². The lowest BCUT2D eigenvalue weighted by Gasteiger charge is -2.05. The molecule has 0 saturated heterocycles. The topological polar surface area (TPSA) is 77.6 Å². The van der Waals surface area contributed by atoms with Gasteiger partial charge in [0.15, 0.2) is 0 Å². The van der Waals surface area contributed by atoms with E-state index in [1.165, 1.54) is 11.3 Å². The predicted molar refractivity (Wildman–Crippen MR) is 99.1 cm³/mol. The standard InChI is InChI=1S/C18H16N6OS/c1-23-11-14(10-21-23)18-22-16(12-26-18)17(25)19-9-13-3-5-15(6-4-13)24-8-2-7-20-24/h2-8,10-12H,9H2,1H3,(H,19,25). The first-order valence-electron chi connectivity index (χ1n) is 8.01. The van der Waals surface area contributed by atoms with Crippen LogP contribution in [0.15, 0.2) is 60.5 Å². The number of carbonyl (C=O) groups excluding carboxylic acids is 1. The van der Waals surface area contributed by atoms with E-state index in [0.29, 0.717) is 12.2 Å². The largest absolute Gasteiger partial charge is 0.347 e. The zero-order valence-electron chi connectivity index (χ0n) is 14.0. The third kappa shape index (κ3) is 3.40. The number of nitrogens with one attached hydrogen (secondary N) is 1. The van der Waals surface area contributed by atoms with Crippen molar-refractivity contribution in [2.45, 2.75) is 6.54 Å². The summed E-state index contributed by atoms with van der Waals surface area (Å²) < 4.78 is 3.50. The number of hydrogen-bond acceptors (Lipinski definition) is 5. The van der Waals surface area contributed by atoms with Crippen LogP contribution in [-0.4, -0.2) is 30.5 Å². The highest BCUT2D eigenvalue weighted by molar-refractivity contribution is 7.13. The van der Waals surface area contributed by atoms with Crippen molar-refractivity contribution in [3.05, 3.63) is 71.8 Å². The summed E-state index contributed by atoms with van der Waals surface area (Å²) in [5, 5.41) is 13.8. The molecule has 1 amide bonds. The Kier molecular flexibility index (Phi) is 4.32. The predicted octanol–water partition coefficient (Wildman–Crippen LogP) is 2.66. The molecule has 0 saturated carbocycles. The molecule has 0 bridgehead atoms. The molecule has 0 atom stereocenters. The number of aryl methyl sites for hydroxylation is 1. The number of hydrogen-bond donors (Lipinski definition) is 1. The monoisotopic (exact) mass is 364 g/mol.